The first kappa shape index (κ1) is 16.9. The van der Waals surface area contributed by atoms with Gasteiger partial charge in [-0.1, -0.05) is 39.1 Å². The molecular formula is C15H12BrCl2NO3. The Labute approximate surface area is 146 Å². The van der Waals surface area contributed by atoms with Crippen LogP contribution < -0.4 is 14.8 Å². The van der Waals surface area contributed by atoms with Crippen LogP contribution in [-0.4, -0.2) is 20.1 Å². The summed E-state index contributed by atoms with van der Waals surface area (Å²) in [4.78, 5) is 12.3. The Morgan fingerprint density at radius 2 is 1.82 bits per heavy atom. The van der Waals surface area contributed by atoms with Crippen LogP contribution in [0.15, 0.2) is 34.8 Å². The fourth-order valence-corrected chi connectivity index (χ4v) is 2.84. The Kier molecular flexibility index (Phi) is 5.56. The summed E-state index contributed by atoms with van der Waals surface area (Å²) in [5, 5.41) is 3.43. The molecule has 0 heterocycles. The monoisotopic (exact) mass is 403 g/mol. The van der Waals surface area contributed by atoms with Gasteiger partial charge in [0.25, 0.3) is 5.91 Å². The van der Waals surface area contributed by atoms with E-state index in [-0.39, 0.29) is 10.9 Å². The van der Waals surface area contributed by atoms with Crippen molar-refractivity contribution in [3.05, 3.63) is 50.4 Å². The molecule has 0 unspecified atom stereocenters. The van der Waals surface area contributed by atoms with Gasteiger partial charge in [0.1, 0.15) is 0 Å². The van der Waals surface area contributed by atoms with E-state index < -0.39 is 0 Å². The molecule has 1 amide bonds. The van der Waals surface area contributed by atoms with Crippen molar-refractivity contribution in [2.24, 2.45) is 0 Å². The van der Waals surface area contributed by atoms with E-state index in [1.165, 1.54) is 20.3 Å². The Balaban J connectivity index is 2.31. The van der Waals surface area contributed by atoms with Gasteiger partial charge < -0.3 is 14.8 Å². The highest BCUT2D eigenvalue weighted by molar-refractivity contribution is 9.10. The third kappa shape index (κ3) is 3.66. The summed E-state index contributed by atoms with van der Waals surface area (Å²) < 4.78 is 11.1. The van der Waals surface area contributed by atoms with Crippen molar-refractivity contribution in [3.63, 3.8) is 0 Å². The van der Waals surface area contributed by atoms with Crippen LogP contribution in [0, 0.1) is 0 Å². The van der Waals surface area contributed by atoms with E-state index in [0.29, 0.717) is 27.8 Å². The third-order valence-electron chi connectivity index (χ3n) is 2.88. The average Bonchev–Trinajstić information content (AvgIpc) is 2.49. The lowest BCUT2D eigenvalue weighted by atomic mass is 10.1. The van der Waals surface area contributed by atoms with E-state index in [9.17, 15) is 4.79 Å². The molecule has 0 aliphatic rings. The molecule has 4 nitrogen and oxygen atoms in total. The minimum Gasteiger partial charge on any atom is -0.493 e. The standard InChI is InChI=1S/C15H12BrCl2NO3/c1-21-13-6-8(5-11(18)14(13)22-2)15(20)19-12-4-3-9(16)7-10(12)17/h3-7H,1-2H3,(H,19,20). The number of nitrogens with one attached hydrogen (secondary N) is 1. The molecule has 0 bridgehead atoms. The number of methoxy groups -OCH3 is 2. The molecule has 0 spiro atoms. The first-order chi connectivity index (χ1) is 10.5. The van der Waals surface area contributed by atoms with Crippen LogP contribution in [0.1, 0.15) is 10.4 Å². The molecule has 22 heavy (non-hydrogen) atoms. The van der Waals surface area contributed by atoms with Crippen LogP contribution in [0.4, 0.5) is 5.69 Å². The predicted molar refractivity (Wildman–Crippen MR) is 91.7 cm³/mol. The molecule has 2 rings (SSSR count). The molecule has 0 radical (unpaired) electrons. The first-order valence-corrected chi connectivity index (χ1v) is 7.69. The van der Waals surface area contributed by atoms with Gasteiger partial charge >= 0.3 is 0 Å². The lowest BCUT2D eigenvalue weighted by Gasteiger charge is -2.12. The van der Waals surface area contributed by atoms with Gasteiger partial charge in [-0.3, -0.25) is 4.79 Å². The number of carbonyl (C=O) groups excluding carboxylic acids is 1. The lowest BCUT2D eigenvalue weighted by molar-refractivity contribution is 0.102. The van der Waals surface area contributed by atoms with Gasteiger partial charge in [0.05, 0.1) is 30.0 Å². The number of amides is 1. The van der Waals surface area contributed by atoms with Gasteiger partial charge in [0, 0.05) is 10.0 Å². The van der Waals surface area contributed by atoms with Crippen molar-refractivity contribution in [3.8, 4) is 11.5 Å². The molecule has 7 heteroatoms. The maximum absolute atomic E-state index is 12.3. The number of rotatable bonds is 4. The van der Waals surface area contributed by atoms with Crippen LogP contribution in [0.5, 0.6) is 11.5 Å². The van der Waals surface area contributed by atoms with E-state index in [1.54, 1.807) is 24.3 Å². The summed E-state index contributed by atoms with van der Waals surface area (Å²) in [5.74, 6) is 0.400. The second kappa shape index (κ2) is 7.22. The zero-order valence-corrected chi connectivity index (χ0v) is 14.8. The lowest BCUT2D eigenvalue weighted by Crippen LogP contribution is -2.12. The number of anilines is 1. The molecule has 0 saturated carbocycles. The summed E-state index contributed by atoms with van der Waals surface area (Å²) in [6.45, 7) is 0. The number of hydrogen-bond acceptors (Lipinski definition) is 3. The van der Waals surface area contributed by atoms with E-state index in [2.05, 4.69) is 21.2 Å². The highest BCUT2D eigenvalue weighted by atomic mass is 79.9. The minimum absolute atomic E-state index is 0.286. The highest BCUT2D eigenvalue weighted by Gasteiger charge is 2.16. The molecule has 0 aliphatic heterocycles. The number of carbonyl (C=O) groups is 1. The maximum atomic E-state index is 12.3. The summed E-state index contributed by atoms with van der Waals surface area (Å²) in [7, 11) is 2.95. The molecular weight excluding hydrogens is 393 g/mol. The van der Waals surface area contributed by atoms with Gasteiger partial charge in [-0.2, -0.15) is 0 Å². The van der Waals surface area contributed by atoms with Crippen molar-refractivity contribution >= 4 is 50.7 Å². The predicted octanol–water partition coefficient (Wildman–Crippen LogP) is 5.03. The molecule has 2 aromatic rings. The molecule has 0 aliphatic carbocycles. The topological polar surface area (TPSA) is 47.6 Å². The van der Waals surface area contributed by atoms with Gasteiger partial charge in [-0.15, -0.1) is 0 Å². The second-order valence-corrected chi connectivity index (χ2v) is 6.00. The maximum Gasteiger partial charge on any atom is 0.255 e. The highest BCUT2D eigenvalue weighted by Crippen LogP contribution is 2.36. The van der Waals surface area contributed by atoms with Crippen molar-refractivity contribution in [1.82, 2.24) is 0 Å². The molecule has 1 N–H and O–H groups in total. The quantitative estimate of drug-likeness (QED) is 0.777. The van der Waals surface area contributed by atoms with Gasteiger partial charge in [0.2, 0.25) is 0 Å². The molecule has 0 fully saturated rings. The van der Waals surface area contributed by atoms with Gasteiger partial charge in [0.15, 0.2) is 11.5 Å². The smallest absolute Gasteiger partial charge is 0.255 e. The summed E-state index contributed by atoms with van der Waals surface area (Å²) >= 11 is 15.5. The van der Waals surface area contributed by atoms with Crippen molar-refractivity contribution in [2.75, 3.05) is 19.5 Å². The van der Waals surface area contributed by atoms with Crippen molar-refractivity contribution in [1.29, 1.82) is 0 Å². The number of halogens is 3. The number of ether oxygens (including phenoxy) is 2. The fraction of sp³-hybridized carbons (Fsp3) is 0.133. The van der Waals surface area contributed by atoms with Crippen molar-refractivity contribution in [2.45, 2.75) is 0 Å². The Morgan fingerprint density at radius 3 is 2.41 bits per heavy atom. The summed E-state index contributed by atoms with van der Waals surface area (Å²) in [6, 6.07) is 8.23. The molecule has 116 valence electrons. The fourth-order valence-electron chi connectivity index (χ4n) is 1.83. The first-order valence-electron chi connectivity index (χ1n) is 6.14. The molecule has 0 atom stereocenters. The molecule has 0 aromatic heterocycles. The van der Waals surface area contributed by atoms with Crippen molar-refractivity contribution < 1.29 is 14.3 Å². The Morgan fingerprint density at radius 1 is 1.09 bits per heavy atom. The van der Waals surface area contributed by atoms with Gasteiger partial charge in [-0.05, 0) is 30.3 Å². The Hall–Kier alpha value is -1.43. The number of hydrogen-bond donors (Lipinski definition) is 1. The average molecular weight is 405 g/mol. The normalized spacial score (nSPS) is 10.2. The Bertz CT molecular complexity index is 722. The zero-order chi connectivity index (χ0) is 16.3. The summed E-state index contributed by atoms with van der Waals surface area (Å²) in [5.41, 5.74) is 0.836. The molecule has 0 saturated heterocycles. The largest absolute Gasteiger partial charge is 0.493 e. The van der Waals surface area contributed by atoms with E-state index in [0.717, 1.165) is 4.47 Å². The van der Waals surface area contributed by atoms with Crippen LogP contribution in [0.2, 0.25) is 10.0 Å². The minimum atomic E-state index is -0.355. The second-order valence-electron chi connectivity index (χ2n) is 4.27. The van der Waals surface area contributed by atoms with Crippen LogP contribution in [-0.2, 0) is 0 Å². The van der Waals surface area contributed by atoms with Crippen LogP contribution >= 0.6 is 39.1 Å². The summed E-state index contributed by atoms with van der Waals surface area (Å²) in [6.07, 6.45) is 0. The zero-order valence-electron chi connectivity index (χ0n) is 11.7. The van der Waals surface area contributed by atoms with Crippen LogP contribution in [0.3, 0.4) is 0 Å². The number of benzene rings is 2. The molecule has 2 aromatic carbocycles. The third-order valence-corrected chi connectivity index (χ3v) is 3.96. The van der Waals surface area contributed by atoms with Gasteiger partial charge in [-0.25, -0.2) is 0 Å². The van der Waals surface area contributed by atoms with Crippen LogP contribution in [0.25, 0.3) is 0 Å². The van der Waals surface area contributed by atoms with E-state index in [1.807, 2.05) is 0 Å². The SMILES string of the molecule is COc1cc(C(=O)Nc2ccc(Br)cc2Cl)cc(Cl)c1OC. The van der Waals surface area contributed by atoms with E-state index >= 15 is 0 Å². The van der Waals surface area contributed by atoms with E-state index in [4.69, 9.17) is 32.7 Å².